The van der Waals surface area contributed by atoms with E-state index in [0.717, 1.165) is 4.90 Å². The number of likely N-dealkylation sites (tertiary alicyclic amines) is 1. The topological polar surface area (TPSA) is 137 Å². The fourth-order valence-electron chi connectivity index (χ4n) is 3.48. The molecule has 0 aliphatic carbocycles. The number of nitrogens with one attached hydrogen (secondary N) is 2. The van der Waals surface area contributed by atoms with Crippen LogP contribution in [0, 0.1) is 0 Å². The monoisotopic (exact) mass is 629 g/mol. The first-order chi connectivity index (χ1) is 17.4. The van der Waals surface area contributed by atoms with Gasteiger partial charge in [0.1, 0.15) is 12.2 Å². The van der Waals surface area contributed by atoms with Gasteiger partial charge in [0.2, 0.25) is 15.1 Å². The first-order valence-corrected chi connectivity index (χ1v) is 14.2. The van der Waals surface area contributed by atoms with Gasteiger partial charge in [0, 0.05) is 5.69 Å². The molecular weight excluding hydrogens is 604 g/mol. The van der Waals surface area contributed by atoms with Crippen LogP contribution in [-0.2, 0) is 40.7 Å². The summed E-state index contributed by atoms with van der Waals surface area (Å²) < 4.78 is 20.6. The molecule has 1 aromatic rings. The molecule has 0 radical (unpaired) electrons. The maximum Gasteiger partial charge on any atom is 0.412 e. The largest absolute Gasteiger partial charge is 0.597 e. The number of carbonyl (C=O) groups is 4. The van der Waals surface area contributed by atoms with E-state index in [-0.39, 0.29) is 12.0 Å². The van der Waals surface area contributed by atoms with Crippen LogP contribution in [0.5, 0.6) is 0 Å². The maximum absolute atomic E-state index is 13.0. The van der Waals surface area contributed by atoms with Crippen LogP contribution in [0.3, 0.4) is 0 Å². The van der Waals surface area contributed by atoms with E-state index in [0.29, 0.717) is 11.3 Å². The number of para-hydroxylation sites is 1. The highest BCUT2D eigenvalue weighted by Crippen LogP contribution is 2.33. The Kier molecular flexibility index (Phi) is 11.0. The number of ether oxygens (including phenoxy) is 2. The number of esters is 1. The van der Waals surface area contributed by atoms with Crippen molar-refractivity contribution >= 4 is 85.4 Å². The molecular formula is C23H27Cl4N3O7S. The lowest BCUT2D eigenvalue weighted by Gasteiger charge is -2.47. The van der Waals surface area contributed by atoms with Gasteiger partial charge in [0.25, 0.3) is 5.91 Å². The molecule has 1 heterocycles. The fraction of sp³-hybridized carbons (Fsp3) is 0.478. The van der Waals surface area contributed by atoms with Crippen LogP contribution >= 0.6 is 45.5 Å². The third-order valence-electron chi connectivity index (χ3n) is 4.94. The molecule has 1 fully saturated rings. The molecule has 1 aromatic carbocycles. The molecule has 38 heavy (non-hydrogen) atoms. The Hall–Kier alpha value is -1.89. The van der Waals surface area contributed by atoms with Gasteiger partial charge in [-0.1, -0.05) is 59.6 Å². The number of alkyl halides is 3. The predicted octanol–water partition coefficient (Wildman–Crippen LogP) is 3.99. The average Bonchev–Trinajstić information content (AvgIpc) is 2.75. The van der Waals surface area contributed by atoms with E-state index < -0.39 is 67.7 Å². The van der Waals surface area contributed by atoms with Crippen molar-refractivity contribution in [3.05, 3.63) is 42.0 Å². The van der Waals surface area contributed by atoms with E-state index in [9.17, 15) is 23.7 Å². The van der Waals surface area contributed by atoms with E-state index >= 15 is 0 Å². The lowest BCUT2D eigenvalue weighted by atomic mass is 9.99. The van der Waals surface area contributed by atoms with Crippen LogP contribution in [-0.4, -0.2) is 66.8 Å². The minimum absolute atomic E-state index is 0.173. The summed E-state index contributed by atoms with van der Waals surface area (Å²) in [6.45, 7) is 9.65. The molecule has 4 atom stereocenters. The second-order valence-electron chi connectivity index (χ2n) is 9.36. The van der Waals surface area contributed by atoms with Gasteiger partial charge in [-0.15, -0.1) is 0 Å². The lowest BCUT2D eigenvalue weighted by Crippen LogP contribution is -2.75. The maximum atomic E-state index is 13.0. The van der Waals surface area contributed by atoms with Gasteiger partial charge in [0.05, 0.1) is 16.8 Å². The zero-order chi connectivity index (χ0) is 29.0. The summed E-state index contributed by atoms with van der Waals surface area (Å²) in [4.78, 5) is 51.5. The van der Waals surface area contributed by atoms with Gasteiger partial charge >= 0.3 is 12.1 Å². The molecule has 0 saturated carbocycles. The molecule has 0 spiro atoms. The number of β-lactam (4-membered cyclic amide) rings is 1. The molecule has 4 unspecified atom stereocenters. The second kappa shape index (κ2) is 13.0. The normalized spacial score (nSPS) is 19.1. The van der Waals surface area contributed by atoms with Crippen molar-refractivity contribution in [1.29, 1.82) is 0 Å². The van der Waals surface area contributed by atoms with Crippen LogP contribution in [0.1, 0.15) is 33.3 Å². The fourth-order valence-corrected chi connectivity index (χ4v) is 5.01. The zero-order valence-electron chi connectivity index (χ0n) is 20.9. The Morgan fingerprint density at radius 1 is 1.21 bits per heavy atom. The van der Waals surface area contributed by atoms with Crippen LogP contribution in [0.25, 0.3) is 0 Å². The number of carbonyl (C=O) groups excluding carboxylic acids is 4. The number of hydrogen-bond donors (Lipinski definition) is 2. The lowest BCUT2D eigenvalue weighted by molar-refractivity contribution is -0.163. The molecule has 1 aliphatic heterocycles. The molecule has 0 aromatic heterocycles. The predicted molar refractivity (Wildman–Crippen MR) is 146 cm³/mol. The highest BCUT2D eigenvalue weighted by Gasteiger charge is 2.60. The molecule has 210 valence electrons. The zero-order valence-corrected chi connectivity index (χ0v) is 24.7. The third kappa shape index (κ3) is 9.10. The Bertz CT molecular complexity index is 1090. The van der Waals surface area contributed by atoms with Gasteiger partial charge in [-0.25, -0.2) is 9.59 Å². The summed E-state index contributed by atoms with van der Waals surface area (Å²) in [5.41, 5.74) is 0.202. The molecule has 3 amide bonds. The summed E-state index contributed by atoms with van der Waals surface area (Å²) in [7, 11) is 3.63. The first kappa shape index (κ1) is 32.3. The van der Waals surface area contributed by atoms with Gasteiger partial charge in [-0.2, -0.15) is 0 Å². The summed E-state index contributed by atoms with van der Waals surface area (Å²) >= 11 is 16.8. The smallest absolute Gasteiger partial charge is 0.412 e. The van der Waals surface area contributed by atoms with E-state index in [4.69, 9.17) is 55.0 Å². The molecule has 2 N–H and O–H groups in total. The molecule has 1 saturated heterocycles. The minimum atomic E-state index is -2.20. The number of nitrogens with zero attached hydrogens (tertiary/aromatic N) is 1. The number of rotatable bonds is 9. The number of hydrogen-bond acceptors (Lipinski definition) is 7. The number of anilines is 1. The van der Waals surface area contributed by atoms with Crippen LogP contribution in [0.2, 0.25) is 0 Å². The standard InChI is InChI=1S/C23H27Cl4N3O7S/c1-12(2)17(20(33)36-11-23(24,25)26)30-18(32)16(19(30)38(27)35)29-15(31)10-13-8-6-7-9-14(13)28-21(34)37-22(3,4)5/h6-9,16-17,19H,1,10-11H2,2-5H3,(H,28,34)(H,29,31). The van der Waals surface area contributed by atoms with Gasteiger partial charge in [0.15, 0.2) is 22.8 Å². The summed E-state index contributed by atoms with van der Waals surface area (Å²) in [5, 5.41) is 3.80. The van der Waals surface area contributed by atoms with Crippen LogP contribution < -0.4 is 10.6 Å². The molecule has 1 aliphatic rings. The van der Waals surface area contributed by atoms with Crippen molar-refractivity contribution in [2.45, 2.75) is 61.0 Å². The van der Waals surface area contributed by atoms with Gasteiger partial charge in [-0.05, 0) is 44.9 Å². The quantitative estimate of drug-likeness (QED) is 0.138. The summed E-state index contributed by atoms with van der Waals surface area (Å²) in [6, 6.07) is 3.84. The highest BCUT2D eigenvalue weighted by atomic mass is 35.7. The van der Waals surface area contributed by atoms with Gasteiger partial charge in [-0.3, -0.25) is 19.8 Å². The van der Waals surface area contributed by atoms with E-state index in [1.807, 2.05) is 0 Å². The van der Waals surface area contributed by atoms with Crippen LogP contribution in [0.4, 0.5) is 10.5 Å². The molecule has 10 nitrogen and oxygen atoms in total. The number of benzene rings is 1. The van der Waals surface area contributed by atoms with Crippen molar-refractivity contribution in [3.8, 4) is 0 Å². The minimum Gasteiger partial charge on any atom is -0.597 e. The number of halogens is 4. The SMILES string of the molecule is C=C(C)C(C(=O)OCC(Cl)(Cl)Cl)N1C(=O)C(NC(=O)Cc2ccccc2NC(=O)OC(C)(C)C)C1[S+]([O-])Cl. The van der Waals surface area contributed by atoms with Crippen molar-refractivity contribution in [3.63, 3.8) is 0 Å². The Morgan fingerprint density at radius 3 is 2.34 bits per heavy atom. The van der Waals surface area contributed by atoms with Crippen molar-refractivity contribution in [2.24, 2.45) is 0 Å². The molecule has 15 heteroatoms. The summed E-state index contributed by atoms with van der Waals surface area (Å²) in [5.74, 6) is -2.34. The molecule has 2 rings (SSSR count). The third-order valence-corrected chi connectivity index (χ3v) is 6.69. The second-order valence-corrected chi connectivity index (χ2v) is 13.8. The first-order valence-electron chi connectivity index (χ1n) is 11.1. The number of amides is 3. The highest BCUT2D eigenvalue weighted by molar-refractivity contribution is 8.14. The van der Waals surface area contributed by atoms with Crippen molar-refractivity contribution < 1.29 is 33.2 Å². The Balaban J connectivity index is 2.14. The van der Waals surface area contributed by atoms with Crippen molar-refractivity contribution in [2.75, 3.05) is 11.9 Å². The van der Waals surface area contributed by atoms with E-state index in [1.54, 1.807) is 45.0 Å². The summed E-state index contributed by atoms with van der Waals surface area (Å²) in [6.07, 6.45) is -0.952. The molecule has 0 bridgehead atoms. The van der Waals surface area contributed by atoms with Crippen LogP contribution in [0.15, 0.2) is 36.4 Å². The van der Waals surface area contributed by atoms with Gasteiger partial charge < -0.3 is 19.3 Å². The van der Waals surface area contributed by atoms with E-state index in [1.165, 1.54) is 6.92 Å². The van der Waals surface area contributed by atoms with E-state index in [2.05, 4.69) is 17.2 Å². The Labute approximate surface area is 242 Å². The average molecular weight is 631 g/mol. The Morgan fingerprint density at radius 2 is 1.82 bits per heavy atom. The van der Waals surface area contributed by atoms with Crippen molar-refractivity contribution in [1.82, 2.24) is 10.2 Å².